The molecule has 1 heterocycles. The van der Waals surface area contributed by atoms with Crippen molar-refractivity contribution in [1.82, 2.24) is 20.1 Å². The standard InChI is InChI=1S/C24H31N5OS/c1-4-28(21-9-6-5-7-10-21)16-8-15-25-23(30)17-31-24-27-26-18-29(24)22-13-11-20(12-14-22)19(2)3/h5-7,9-14,18-19H,4,8,15-17H2,1-3H3,(H,25,30). The van der Waals surface area contributed by atoms with Crippen molar-refractivity contribution in [3.05, 3.63) is 66.5 Å². The number of thioether (sulfide) groups is 1. The van der Waals surface area contributed by atoms with E-state index in [-0.39, 0.29) is 5.91 Å². The highest BCUT2D eigenvalue weighted by Gasteiger charge is 2.11. The Hall–Kier alpha value is -2.80. The molecule has 0 spiro atoms. The molecule has 1 N–H and O–H groups in total. The summed E-state index contributed by atoms with van der Waals surface area (Å²) in [6.45, 7) is 9.02. The quantitative estimate of drug-likeness (QED) is 0.353. The van der Waals surface area contributed by atoms with Gasteiger partial charge in [-0.25, -0.2) is 0 Å². The van der Waals surface area contributed by atoms with Crippen molar-refractivity contribution in [2.24, 2.45) is 0 Å². The Kier molecular flexibility index (Phi) is 8.53. The third-order valence-electron chi connectivity index (χ3n) is 5.12. The maximum atomic E-state index is 12.3. The Bertz CT molecular complexity index is 940. The molecule has 0 aliphatic heterocycles. The van der Waals surface area contributed by atoms with Crippen LogP contribution in [0.1, 0.15) is 38.7 Å². The van der Waals surface area contributed by atoms with Crippen LogP contribution in [-0.2, 0) is 4.79 Å². The van der Waals surface area contributed by atoms with E-state index in [1.165, 1.54) is 23.0 Å². The van der Waals surface area contributed by atoms with Crippen LogP contribution in [0.2, 0.25) is 0 Å². The summed E-state index contributed by atoms with van der Waals surface area (Å²) in [6, 6.07) is 18.7. The first kappa shape index (κ1) is 22.9. The third kappa shape index (κ3) is 6.59. The molecule has 7 heteroatoms. The van der Waals surface area contributed by atoms with E-state index in [2.05, 4.69) is 89.7 Å². The number of carbonyl (C=O) groups excluding carboxylic acids is 1. The monoisotopic (exact) mass is 437 g/mol. The van der Waals surface area contributed by atoms with Gasteiger partial charge in [0.15, 0.2) is 5.16 Å². The molecule has 0 aliphatic carbocycles. The Labute approximate surface area is 189 Å². The fraction of sp³-hybridized carbons (Fsp3) is 0.375. The summed E-state index contributed by atoms with van der Waals surface area (Å²) in [5.41, 5.74) is 3.50. The molecule has 1 aromatic heterocycles. The number of benzene rings is 2. The molecule has 6 nitrogen and oxygen atoms in total. The third-order valence-corrected chi connectivity index (χ3v) is 6.06. The maximum Gasteiger partial charge on any atom is 0.230 e. The number of rotatable bonds is 11. The highest BCUT2D eigenvalue weighted by Crippen LogP contribution is 2.21. The molecule has 0 saturated heterocycles. The van der Waals surface area contributed by atoms with E-state index in [4.69, 9.17) is 0 Å². The van der Waals surface area contributed by atoms with Gasteiger partial charge in [-0.2, -0.15) is 0 Å². The molecule has 0 unspecified atom stereocenters. The maximum absolute atomic E-state index is 12.3. The van der Waals surface area contributed by atoms with Crippen LogP contribution in [0.15, 0.2) is 66.1 Å². The van der Waals surface area contributed by atoms with Crippen LogP contribution in [0.3, 0.4) is 0 Å². The summed E-state index contributed by atoms with van der Waals surface area (Å²) < 4.78 is 1.92. The first-order valence-electron chi connectivity index (χ1n) is 10.8. The molecule has 1 amide bonds. The lowest BCUT2D eigenvalue weighted by Crippen LogP contribution is -2.30. The van der Waals surface area contributed by atoms with Crippen molar-refractivity contribution in [3.8, 4) is 5.69 Å². The van der Waals surface area contributed by atoms with Gasteiger partial charge >= 0.3 is 0 Å². The number of nitrogens with one attached hydrogen (secondary N) is 1. The molecule has 0 aliphatic rings. The Morgan fingerprint density at radius 3 is 2.55 bits per heavy atom. The van der Waals surface area contributed by atoms with Crippen LogP contribution in [0, 0.1) is 0 Å². The summed E-state index contributed by atoms with van der Waals surface area (Å²) in [7, 11) is 0. The SMILES string of the molecule is CCN(CCCNC(=O)CSc1nncn1-c1ccc(C(C)C)cc1)c1ccccc1. The second-order valence-electron chi connectivity index (χ2n) is 7.64. The number of para-hydroxylation sites is 1. The number of hydrogen-bond donors (Lipinski definition) is 1. The highest BCUT2D eigenvalue weighted by molar-refractivity contribution is 7.99. The van der Waals surface area contributed by atoms with Crippen molar-refractivity contribution >= 4 is 23.4 Å². The number of hydrogen-bond acceptors (Lipinski definition) is 5. The van der Waals surface area contributed by atoms with Crippen LogP contribution in [0.4, 0.5) is 5.69 Å². The van der Waals surface area contributed by atoms with Gasteiger partial charge in [-0.1, -0.05) is 55.9 Å². The van der Waals surface area contributed by atoms with Gasteiger partial charge in [-0.05, 0) is 49.1 Å². The molecule has 0 atom stereocenters. The summed E-state index contributed by atoms with van der Waals surface area (Å²) in [5.74, 6) is 0.820. The molecule has 0 radical (unpaired) electrons. The normalized spacial score (nSPS) is 11.0. The van der Waals surface area contributed by atoms with Gasteiger partial charge in [-0.15, -0.1) is 10.2 Å². The van der Waals surface area contributed by atoms with E-state index in [0.29, 0.717) is 23.4 Å². The van der Waals surface area contributed by atoms with Gasteiger partial charge in [0.1, 0.15) is 6.33 Å². The van der Waals surface area contributed by atoms with Crippen LogP contribution in [0.5, 0.6) is 0 Å². The van der Waals surface area contributed by atoms with Crippen molar-refractivity contribution in [1.29, 1.82) is 0 Å². The summed E-state index contributed by atoms with van der Waals surface area (Å²) in [4.78, 5) is 14.6. The van der Waals surface area contributed by atoms with Gasteiger partial charge in [0.2, 0.25) is 5.91 Å². The molecule has 3 aromatic rings. The minimum atomic E-state index is 0.0115. The van der Waals surface area contributed by atoms with Gasteiger partial charge in [0, 0.05) is 31.0 Å². The lowest BCUT2D eigenvalue weighted by molar-refractivity contribution is -0.118. The zero-order valence-electron chi connectivity index (χ0n) is 18.5. The first-order valence-corrected chi connectivity index (χ1v) is 11.8. The second-order valence-corrected chi connectivity index (χ2v) is 8.58. The fourth-order valence-electron chi connectivity index (χ4n) is 3.31. The Morgan fingerprint density at radius 2 is 1.87 bits per heavy atom. The lowest BCUT2D eigenvalue weighted by Gasteiger charge is -2.23. The van der Waals surface area contributed by atoms with Crippen molar-refractivity contribution in [2.75, 3.05) is 30.3 Å². The van der Waals surface area contributed by atoms with Crippen molar-refractivity contribution < 1.29 is 4.79 Å². The molecule has 2 aromatic carbocycles. The van der Waals surface area contributed by atoms with Crippen LogP contribution < -0.4 is 10.2 Å². The number of aromatic nitrogens is 3. The fourth-order valence-corrected chi connectivity index (χ4v) is 4.07. The Morgan fingerprint density at radius 1 is 1.13 bits per heavy atom. The Balaban J connectivity index is 1.44. The number of anilines is 1. The largest absolute Gasteiger partial charge is 0.372 e. The molecule has 164 valence electrons. The highest BCUT2D eigenvalue weighted by atomic mass is 32.2. The zero-order chi connectivity index (χ0) is 22.1. The van der Waals surface area contributed by atoms with E-state index in [1.807, 2.05) is 10.6 Å². The average molecular weight is 438 g/mol. The van der Waals surface area contributed by atoms with Crippen molar-refractivity contribution in [3.63, 3.8) is 0 Å². The van der Waals surface area contributed by atoms with Crippen LogP contribution in [0.25, 0.3) is 5.69 Å². The van der Waals surface area contributed by atoms with Gasteiger partial charge in [0.05, 0.1) is 5.75 Å². The van der Waals surface area contributed by atoms with E-state index in [1.54, 1.807) is 6.33 Å². The molecule has 0 bridgehead atoms. The van der Waals surface area contributed by atoms with Gasteiger partial charge in [0.25, 0.3) is 0 Å². The summed E-state index contributed by atoms with van der Waals surface area (Å²) in [6.07, 6.45) is 2.59. The minimum absolute atomic E-state index is 0.0115. The predicted molar refractivity (Wildman–Crippen MR) is 128 cm³/mol. The van der Waals surface area contributed by atoms with Crippen molar-refractivity contribution in [2.45, 2.75) is 38.3 Å². The molecule has 3 rings (SSSR count). The summed E-state index contributed by atoms with van der Waals surface area (Å²) >= 11 is 1.40. The van der Waals surface area contributed by atoms with E-state index < -0.39 is 0 Å². The topological polar surface area (TPSA) is 63.1 Å². The number of nitrogens with zero attached hydrogens (tertiary/aromatic N) is 4. The molecular weight excluding hydrogens is 406 g/mol. The first-order chi connectivity index (χ1) is 15.1. The second kappa shape index (κ2) is 11.6. The number of amides is 1. The average Bonchev–Trinajstić information content (AvgIpc) is 3.27. The molecule has 0 fully saturated rings. The molecule has 0 saturated carbocycles. The molecular formula is C24H31N5OS. The van der Waals surface area contributed by atoms with Gasteiger partial charge < -0.3 is 10.2 Å². The van der Waals surface area contributed by atoms with Gasteiger partial charge in [-0.3, -0.25) is 9.36 Å². The molecule has 31 heavy (non-hydrogen) atoms. The summed E-state index contributed by atoms with van der Waals surface area (Å²) in [5, 5.41) is 11.9. The van der Waals surface area contributed by atoms with Crippen LogP contribution >= 0.6 is 11.8 Å². The van der Waals surface area contributed by atoms with E-state index in [0.717, 1.165) is 25.2 Å². The minimum Gasteiger partial charge on any atom is -0.372 e. The van der Waals surface area contributed by atoms with Crippen LogP contribution in [-0.4, -0.2) is 46.1 Å². The number of carbonyl (C=O) groups is 1. The van der Waals surface area contributed by atoms with E-state index in [9.17, 15) is 4.79 Å². The zero-order valence-corrected chi connectivity index (χ0v) is 19.3. The predicted octanol–water partition coefficient (Wildman–Crippen LogP) is 4.52. The smallest absolute Gasteiger partial charge is 0.230 e. The lowest BCUT2D eigenvalue weighted by atomic mass is 10.0. The van der Waals surface area contributed by atoms with E-state index >= 15 is 0 Å².